The maximum absolute atomic E-state index is 11.3. The van der Waals surface area contributed by atoms with Gasteiger partial charge in [0.1, 0.15) is 0 Å². The third-order valence-electron chi connectivity index (χ3n) is 1.49. The van der Waals surface area contributed by atoms with Crippen LogP contribution in [0.5, 0.6) is 0 Å². The normalized spacial score (nSPS) is 10.4. The molecule has 0 spiro atoms. The number of allylic oxidation sites excluding steroid dienone is 1. The maximum atomic E-state index is 11.3. The lowest BCUT2D eigenvalue weighted by Gasteiger charge is -1.94. The lowest BCUT2D eigenvalue weighted by atomic mass is 10.1. The standard InChI is InChI=1S/C10H9ClO/c11-8-4-7-10(12)9-5-2-1-3-6-9/h1-6,8H,7H2/b8-4+. The number of rotatable bonds is 3. The largest absolute Gasteiger partial charge is 0.294 e. The summed E-state index contributed by atoms with van der Waals surface area (Å²) in [7, 11) is 0. The minimum atomic E-state index is 0.0903. The Kier molecular flexibility index (Phi) is 3.55. The van der Waals surface area contributed by atoms with E-state index < -0.39 is 0 Å². The zero-order valence-corrected chi connectivity index (χ0v) is 7.29. The van der Waals surface area contributed by atoms with E-state index in [0.717, 1.165) is 5.56 Å². The first-order valence-electron chi connectivity index (χ1n) is 3.68. The molecular weight excluding hydrogens is 172 g/mol. The summed E-state index contributed by atoms with van der Waals surface area (Å²) in [5, 5.41) is 0. The summed E-state index contributed by atoms with van der Waals surface area (Å²) in [6.07, 6.45) is 2.00. The predicted molar refractivity (Wildman–Crippen MR) is 50.4 cm³/mol. The van der Waals surface area contributed by atoms with Gasteiger partial charge in [-0.2, -0.15) is 0 Å². The molecule has 0 aromatic heterocycles. The molecule has 0 unspecified atom stereocenters. The van der Waals surface area contributed by atoms with Gasteiger partial charge in [0.15, 0.2) is 5.78 Å². The molecule has 0 N–H and O–H groups in total. The first-order valence-corrected chi connectivity index (χ1v) is 4.11. The van der Waals surface area contributed by atoms with E-state index in [0.29, 0.717) is 6.42 Å². The monoisotopic (exact) mass is 180 g/mol. The van der Waals surface area contributed by atoms with Crippen molar-refractivity contribution < 1.29 is 4.79 Å². The number of ketones is 1. The second-order valence-corrected chi connectivity index (χ2v) is 2.61. The van der Waals surface area contributed by atoms with Gasteiger partial charge in [0.2, 0.25) is 0 Å². The molecule has 0 bridgehead atoms. The van der Waals surface area contributed by atoms with Gasteiger partial charge in [0.05, 0.1) is 0 Å². The van der Waals surface area contributed by atoms with Crippen LogP contribution in [0.25, 0.3) is 0 Å². The average Bonchev–Trinajstić information content (AvgIpc) is 2.15. The SMILES string of the molecule is O=C(C/C=C/Cl)c1ccccc1. The van der Waals surface area contributed by atoms with Crippen LogP contribution in [0, 0.1) is 0 Å². The summed E-state index contributed by atoms with van der Waals surface area (Å²) in [4.78, 5) is 11.3. The Balaban J connectivity index is 2.66. The summed E-state index contributed by atoms with van der Waals surface area (Å²) in [5.74, 6) is 0.0903. The zero-order valence-electron chi connectivity index (χ0n) is 6.53. The molecule has 0 saturated heterocycles. The molecule has 62 valence electrons. The first-order chi connectivity index (χ1) is 5.84. The fourth-order valence-corrected chi connectivity index (χ4v) is 0.983. The molecule has 0 saturated carbocycles. The molecule has 12 heavy (non-hydrogen) atoms. The summed E-state index contributed by atoms with van der Waals surface area (Å²) in [6.45, 7) is 0. The second kappa shape index (κ2) is 4.73. The van der Waals surface area contributed by atoms with E-state index in [9.17, 15) is 4.79 Å². The van der Waals surface area contributed by atoms with Crippen molar-refractivity contribution in [2.45, 2.75) is 6.42 Å². The molecule has 0 aliphatic rings. The van der Waals surface area contributed by atoms with Crippen molar-refractivity contribution in [3.8, 4) is 0 Å². The fraction of sp³-hybridized carbons (Fsp3) is 0.100. The summed E-state index contributed by atoms with van der Waals surface area (Å²) < 4.78 is 0. The third kappa shape index (κ3) is 2.51. The lowest BCUT2D eigenvalue weighted by Crippen LogP contribution is -1.95. The van der Waals surface area contributed by atoms with Crippen LogP contribution in [-0.4, -0.2) is 5.78 Å². The smallest absolute Gasteiger partial charge is 0.166 e. The van der Waals surface area contributed by atoms with Gasteiger partial charge in [0.25, 0.3) is 0 Å². The van der Waals surface area contributed by atoms with Crippen LogP contribution in [0.15, 0.2) is 41.9 Å². The lowest BCUT2D eigenvalue weighted by molar-refractivity contribution is 0.0996. The molecule has 0 radical (unpaired) electrons. The van der Waals surface area contributed by atoms with Crippen molar-refractivity contribution in [2.75, 3.05) is 0 Å². The fourth-order valence-electron chi connectivity index (χ4n) is 0.893. The Labute approximate surface area is 76.7 Å². The van der Waals surface area contributed by atoms with Gasteiger partial charge in [-0.05, 0) is 0 Å². The van der Waals surface area contributed by atoms with Gasteiger partial charge in [-0.15, -0.1) is 0 Å². The van der Waals surface area contributed by atoms with E-state index in [1.807, 2.05) is 18.2 Å². The molecule has 1 aromatic rings. The molecule has 1 rings (SSSR count). The van der Waals surface area contributed by atoms with E-state index in [2.05, 4.69) is 0 Å². The summed E-state index contributed by atoms with van der Waals surface area (Å²) >= 11 is 5.30. The van der Waals surface area contributed by atoms with Crippen LogP contribution in [-0.2, 0) is 0 Å². The van der Waals surface area contributed by atoms with Gasteiger partial charge in [-0.3, -0.25) is 4.79 Å². The highest BCUT2D eigenvalue weighted by atomic mass is 35.5. The molecule has 0 atom stereocenters. The van der Waals surface area contributed by atoms with E-state index in [4.69, 9.17) is 11.6 Å². The maximum Gasteiger partial charge on any atom is 0.166 e. The molecule has 0 aliphatic carbocycles. The van der Waals surface area contributed by atoms with Crippen LogP contribution in [0.2, 0.25) is 0 Å². The van der Waals surface area contributed by atoms with Crippen LogP contribution in [0.1, 0.15) is 16.8 Å². The highest BCUT2D eigenvalue weighted by Gasteiger charge is 2.00. The van der Waals surface area contributed by atoms with Crippen LogP contribution in [0.3, 0.4) is 0 Å². The summed E-state index contributed by atoms with van der Waals surface area (Å²) in [5.41, 5.74) is 2.09. The van der Waals surface area contributed by atoms with Gasteiger partial charge in [0, 0.05) is 17.5 Å². The van der Waals surface area contributed by atoms with Crippen molar-refractivity contribution >= 4 is 17.4 Å². The molecule has 0 aliphatic heterocycles. The van der Waals surface area contributed by atoms with Crippen molar-refractivity contribution in [3.63, 3.8) is 0 Å². The van der Waals surface area contributed by atoms with Gasteiger partial charge < -0.3 is 0 Å². The Morgan fingerprint density at radius 2 is 2.00 bits per heavy atom. The van der Waals surface area contributed by atoms with E-state index in [1.54, 1.807) is 18.2 Å². The van der Waals surface area contributed by atoms with Crippen LogP contribution in [0.4, 0.5) is 0 Å². The van der Waals surface area contributed by atoms with Crippen molar-refractivity contribution in [3.05, 3.63) is 47.5 Å². The van der Waals surface area contributed by atoms with Crippen molar-refractivity contribution in [1.82, 2.24) is 0 Å². The quantitative estimate of drug-likeness (QED) is 0.654. The number of hydrogen-bond donors (Lipinski definition) is 0. The molecule has 0 heterocycles. The number of benzene rings is 1. The third-order valence-corrected chi connectivity index (χ3v) is 1.67. The van der Waals surface area contributed by atoms with Crippen LogP contribution < -0.4 is 0 Å². The van der Waals surface area contributed by atoms with E-state index in [-0.39, 0.29) is 5.78 Å². The van der Waals surface area contributed by atoms with Gasteiger partial charge >= 0.3 is 0 Å². The number of halogens is 1. The van der Waals surface area contributed by atoms with Gasteiger partial charge in [-0.1, -0.05) is 48.0 Å². The Bertz CT molecular complexity index is 277. The number of carbonyl (C=O) groups is 1. The number of carbonyl (C=O) groups excluding carboxylic acids is 1. The average molecular weight is 181 g/mol. The minimum Gasteiger partial charge on any atom is -0.294 e. The topological polar surface area (TPSA) is 17.1 Å². The molecule has 2 heteroatoms. The predicted octanol–water partition coefficient (Wildman–Crippen LogP) is 3.01. The first kappa shape index (κ1) is 9.01. The highest BCUT2D eigenvalue weighted by molar-refractivity contribution is 6.25. The second-order valence-electron chi connectivity index (χ2n) is 2.36. The number of hydrogen-bond acceptors (Lipinski definition) is 1. The van der Waals surface area contributed by atoms with Crippen LogP contribution >= 0.6 is 11.6 Å². The summed E-state index contributed by atoms with van der Waals surface area (Å²) in [6, 6.07) is 9.16. The van der Waals surface area contributed by atoms with E-state index in [1.165, 1.54) is 5.54 Å². The Morgan fingerprint density at radius 3 is 2.58 bits per heavy atom. The Morgan fingerprint density at radius 1 is 1.33 bits per heavy atom. The molecule has 0 amide bonds. The molecule has 1 aromatic carbocycles. The van der Waals surface area contributed by atoms with Crippen molar-refractivity contribution in [2.24, 2.45) is 0 Å². The zero-order chi connectivity index (χ0) is 8.81. The molecule has 1 nitrogen and oxygen atoms in total. The molecule has 0 fully saturated rings. The molecular formula is C10H9ClO. The van der Waals surface area contributed by atoms with Crippen molar-refractivity contribution in [1.29, 1.82) is 0 Å². The highest BCUT2D eigenvalue weighted by Crippen LogP contribution is 2.03. The Hall–Kier alpha value is -1.08. The van der Waals surface area contributed by atoms with E-state index >= 15 is 0 Å². The minimum absolute atomic E-state index is 0.0903. The van der Waals surface area contributed by atoms with Gasteiger partial charge in [-0.25, -0.2) is 0 Å². The number of Topliss-reactive ketones (excluding diaryl/α,β-unsaturated/α-hetero) is 1.